The van der Waals surface area contributed by atoms with Crippen LogP contribution in [0.25, 0.3) is 0 Å². The highest BCUT2D eigenvalue weighted by molar-refractivity contribution is 6.30. The number of halogens is 1. The molecule has 0 aliphatic heterocycles. The summed E-state index contributed by atoms with van der Waals surface area (Å²) in [5.74, 6) is -0.651. The number of amides is 2. The number of aromatic nitrogens is 2. The van der Waals surface area contributed by atoms with Gasteiger partial charge in [-0.2, -0.15) is 5.10 Å². The largest absolute Gasteiger partial charge is 0.321 e. The van der Waals surface area contributed by atoms with Crippen molar-refractivity contribution in [2.24, 2.45) is 0 Å². The van der Waals surface area contributed by atoms with Crippen LogP contribution < -0.4 is 10.6 Å². The van der Waals surface area contributed by atoms with Crippen molar-refractivity contribution in [1.82, 2.24) is 10.2 Å². The normalized spacial score (nSPS) is 10.4. The lowest BCUT2D eigenvalue weighted by molar-refractivity contribution is 0.102. The molecule has 0 fully saturated rings. The quantitative estimate of drug-likeness (QED) is 0.645. The van der Waals surface area contributed by atoms with Gasteiger partial charge in [0.05, 0.1) is 28.3 Å². The van der Waals surface area contributed by atoms with Gasteiger partial charge in [-0.3, -0.25) is 14.7 Å². The molecule has 0 radical (unpaired) electrons. The molecule has 3 rings (SSSR count). The first-order chi connectivity index (χ1) is 12.5. The van der Waals surface area contributed by atoms with E-state index in [4.69, 9.17) is 11.6 Å². The van der Waals surface area contributed by atoms with Gasteiger partial charge in [-0.1, -0.05) is 23.7 Å². The molecule has 0 saturated carbocycles. The molecule has 0 spiro atoms. The first-order valence-corrected chi connectivity index (χ1v) is 8.32. The Balaban J connectivity index is 1.82. The summed E-state index contributed by atoms with van der Waals surface area (Å²) in [6.07, 6.45) is 0. The topological polar surface area (TPSA) is 86.9 Å². The van der Waals surface area contributed by atoms with Crippen LogP contribution in [0.15, 0.2) is 48.5 Å². The van der Waals surface area contributed by atoms with Crippen molar-refractivity contribution < 1.29 is 9.59 Å². The number of rotatable bonds is 4. The van der Waals surface area contributed by atoms with Gasteiger partial charge in [0, 0.05) is 10.6 Å². The molecule has 7 heteroatoms. The van der Waals surface area contributed by atoms with Gasteiger partial charge >= 0.3 is 0 Å². The van der Waals surface area contributed by atoms with Crippen molar-refractivity contribution in [1.29, 1.82) is 0 Å². The van der Waals surface area contributed by atoms with E-state index in [0.29, 0.717) is 33.2 Å². The fraction of sp³-hybridized carbons (Fsp3) is 0.105. The van der Waals surface area contributed by atoms with Gasteiger partial charge in [-0.05, 0) is 50.2 Å². The molecule has 6 nitrogen and oxygen atoms in total. The van der Waals surface area contributed by atoms with Crippen LogP contribution in [0.3, 0.4) is 0 Å². The number of nitrogens with zero attached hydrogens (tertiary/aromatic N) is 1. The van der Waals surface area contributed by atoms with Gasteiger partial charge in [0.1, 0.15) is 0 Å². The van der Waals surface area contributed by atoms with Gasteiger partial charge in [0.15, 0.2) is 0 Å². The molecule has 0 aliphatic carbocycles. The summed E-state index contributed by atoms with van der Waals surface area (Å²) in [6, 6.07) is 13.3. The number of aryl methyl sites for hydroxylation is 2. The van der Waals surface area contributed by atoms with Crippen molar-refractivity contribution in [2.75, 3.05) is 10.6 Å². The van der Waals surface area contributed by atoms with Crippen LogP contribution in [0.1, 0.15) is 32.1 Å². The second kappa shape index (κ2) is 7.41. The molecule has 0 aliphatic rings. The number of carbonyl (C=O) groups excluding carboxylic acids is 2. The molecule has 3 N–H and O–H groups in total. The fourth-order valence-electron chi connectivity index (χ4n) is 2.50. The summed E-state index contributed by atoms with van der Waals surface area (Å²) in [5, 5.41) is 13.0. The lowest BCUT2D eigenvalue weighted by Gasteiger charge is -2.12. The molecule has 26 heavy (non-hydrogen) atoms. The summed E-state index contributed by atoms with van der Waals surface area (Å²) in [7, 11) is 0. The number of carbonyl (C=O) groups is 2. The van der Waals surface area contributed by atoms with Crippen molar-refractivity contribution in [2.45, 2.75) is 13.8 Å². The van der Waals surface area contributed by atoms with Gasteiger partial charge in [-0.15, -0.1) is 0 Å². The lowest BCUT2D eigenvalue weighted by atomic mass is 10.1. The summed E-state index contributed by atoms with van der Waals surface area (Å²) >= 11 is 5.84. The number of anilines is 2. The molecule has 132 valence electrons. The van der Waals surface area contributed by atoms with Gasteiger partial charge in [0.2, 0.25) is 0 Å². The molecule has 0 bridgehead atoms. The van der Waals surface area contributed by atoms with E-state index < -0.39 is 0 Å². The molecule has 1 aromatic heterocycles. The minimum atomic E-state index is -0.329. The molecule has 0 unspecified atom stereocenters. The number of hydrogen-bond acceptors (Lipinski definition) is 3. The van der Waals surface area contributed by atoms with E-state index in [1.807, 2.05) is 6.92 Å². The molecule has 0 saturated heterocycles. The van der Waals surface area contributed by atoms with E-state index in [2.05, 4.69) is 20.8 Å². The number of hydrogen-bond donors (Lipinski definition) is 3. The zero-order valence-corrected chi connectivity index (χ0v) is 15.0. The van der Waals surface area contributed by atoms with Crippen molar-refractivity contribution in [3.05, 3.63) is 76.1 Å². The van der Waals surface area contributed by atoms with Gasteiger partial charge in [-0.25, -0.2) is 0 Å². The van der Waals surface area contributed by atoms with E-state index in [1.165, 1.54) is 0 Å². The Morgan fingerprint density at radius 2 is 1.65 bits per heavy atom. The van der Waals surface area contributed by atoms with Crippen molar-refractivity contribution in [3.8, 4) is 0 Å². The van der Waals surface area contributed by atoms with Crippen LogP contribution in [0.4, 0.5) is 11.4 Å². The number of benzene rings is 2. The molecule has 1 heterocycles. The maximum atomic E-state index is 12.7. The fourth-order valence-corrected chi connectivity index (χ4v) is 2.63. The van der Waals surface area contributed by atoms with Crippen LogP contribution in [0.2, 0.25) is 5.02 Å². The van der Waals surface area contributed by atoms with Crippen molar-refractivity contribution >= 4 is 34.8 Å². The molecule has 0 atom stereocenters. The number of aromatic amines is 1. The second-order valence-electron chi connectivity index (χ2n) is 5.77. The summed E-state index contributed by atoms with van der Waals surface area (Å²) in [4.78, 5) is 25.1. The molecular weight excluding hydrogens is 352 g/mol. The predicted molar refractivity (Wildman–Crippen MR) is 102 cm³/mol. The Morgan fingerprint density at radius 1 is 0.962 bits per heavy atom. The SMILES string of the molecule is Cc1n[nH]c(C)c1NC(=O)c1ccccc1NC(=O)c1ccc(Cl)cc1. The van der Waals surface area contributed by atoms with Crippen molar-refractivity contribution in [3.63, 3.8) is 0 Å². The minimum absolute atomic E-state index is 0.322. The average molecular weight is 369 g/mol. The van der Waals surface area contributed by atoms with E-state index in [0.717, 1.165) is 5.69 Å². The van der Waals surface area contributed by atoms with Crippen LogP contribution >= 0.6 is 11.6 Å². The third-order valence-corrected chi connectivity index (χ3v) is 4.14. The second-order valence-corrected chi connectivity index (χ2v) is 6.21. The lowest BCUT2D eigenvalue weighted by Crippen LogP contribution is -2.18. The summed E-state index contributed by atoms with van der Waals surface area (Å²) in [6.45, 7) is 3.62. The zero-order valence-electron chi connectivity index (χ0n) is 14.3. The number of para-hydroxylation sites is 1. The minimum Gasteiger partial charge on any atom is -0.321 e. The highest BCUT2D eigenvalue weighted by atomic mass is 35.5. The van der Waals surface area contributed by atoms with Crippen LogP contribution in [0, 0.1) is 13.8 Å². The van der Waals surface area contributed by atoms with Gasteiger partial charge < -0.3 is 10.6 Å². The Hall–Kier alpha value is -3.12. The standard InChI is InChI=1S/C19H17ClN4O2/c1-11-17(12(2)24-23-11)22-19(26)15-5-3-4-6-16(15)21-18(25)13-7-9-14(20)10-8-13/h3-10H,1-2H3,(H,21,25)(H,22,26)(H,23,24). The molecular formula is C19H17ClN4O2. The van der Waals surface area contributed by atoms with E-state index in [1.54, 1.807) is 55.5 Å². The number of nitrogens with one attached hydrogen (secondary N) is 3. The Kier molecular flexibility index (Phi) is 5.04. The monoisotopic (exact) mass is 368 g/mol. The zero-order chi connectivity index (χ0) is 18.7. The Morgan fingerprint density at radius 3 is 2.31 bits per heavy atom. The first-order valence-electron chi connectivity index (χ1n) is 7.94. The smallest absolute Gasteiger partial charge is 0.257 e. The van der Waals surface area contributed by atoms with Gasteiger partial charge in [0.25, 0.3) is 11.8 Å². The third-order valence-electron chi connectivity index (χ3n) is 3.89. The summed E-state index contributed by atoms with van der Waals surface area (Å²) in [5.41, 5.74) is 3.32. The van der Waals surface area contributed by atoms with Crippen LogP contribution in [0.5, 0.6) is 0 Å². The third kappa shape index (κ3) is 3.75. The highest BCUT2D eigenvalue weighted by Gasteiger charge is 2.16. The first kappa shape index (κ1) is 17.7. The number of H-pyrrole nitrogens is 1. The summed E-state index contributed by atoms with van der Waals surface area (Å²) < 4.78 is 0. The van der Waals surface area contributed by atoms with E-state index >= 15 is 0 Å². The van der Waals surface area contributed by atoms with Crippen LogP contribution in [-0.2, 0) is 0 Å². The average Bonchev–Trinajstić information content (AvgIpc) is 2.94. The Labute approximate surface area is 155 Å². The Bertz CT molecular complexity index is 944. The molecule has 2 aromatic carbocycles. The van der Waals surface area contributed by atoms with E-state index in [-0.39, 0.29) is 11.8 Å². The maximum Gasteiger partial charge on any atom is 0.257 e. The highest BCUT2D eigenvalue weighted by Crippen LogP contribution is 2.21. The van der Waals surface area contributed by atoms with Crippen LogP contribution in [-0.4, -0.2) is 22.0 Å². The molecule has 2 amide bonds. The molecule has 3 aromatic rings. The van der Waals surface area contributed by atoms with E-state index in [9.17, 15) is 9.59 Å². The predicted octanol–water partition coefficient (Wildman–Crippen LogP) is 4.18. The maximum absolute atomic E-state index is 12.7.